The Morgan fingerprint density at radius 3 is 2.44 bits per heavy atom. The minimum absolute atomic E-state index is 0.0747. The van der Waals surface area contributed by atoms with Crippen LogP contribution in [0.3, 0.4) is 0 Å². The Labute approximate surface area is 157 Å². The Balaban J connectivity index is 1.64. The Hall–Kier alpha value is -2.45. The largest absolute Gasteiger partial charge is 0.451 e. The van der Waals surface area contributed by atoms with Crippen LogP contribution in [0.5, 0.6) is 0 Å². The fourth-order valence-electron chi connectivity index (χ4n) is 2.59. The molecule has 2 aromatic rings. The summed E-state index contributed by atoms with van der Waals surface area (Å²) in [6.07, 6.45) is 1.57. The molecule has 1 aromatic carbocycles. The molecule has 8 heteroatoms. The number of esters is 1. The van der Waals surface area contributed by atoms with Crippen molar-refractivity contribution < 1.29 is 27.2 Å². The van der Waals surface area contributed by atoms with Crippen LogP contribution < -0.4 is 4.72 Å². The van der Waals surface area contributed by atoms with Gasteiger partial charge in [-0.1, -0.05) is 6.07 Å². The lowest BCUT2D eigenvalue weighted by atomic mass is 9.98. The van der Waals surface area contributed by atoms with E-state index in [1.54, 1.807) is 6.07 Å². The Bertz CT molecular complexity index is 1000. The topological polar surface area (TPSA) is 103 Å². The third kappa shape index (κ3) is 4.45. The van der Waals surface area contributed by atoms with Gasteiger partial charge in [-0.3, -0.25) is 4.79 Å². The van der Waals surface area contributed by atoms with Crippen LogP contribution in [0.25, 0.3) is 0 Å². The molecule has 1 N–H and O–H groups in total. The molecule has 3 rings (SSSR count). The predicted octanol–water partition coefficient (Wildman–Crippen LogP) is 2.69. The lowest BCUT2D eigenvalue weighted by molar-refractivity contribution is 0.0438. The van der Waals surface area contributed by atoms with Gasteiger partial charge in [-0.05, 0) is 68.5 Å². The van der Waals surface area contributed by atoms with Crippen LogP contribution in [0.4, 0.5) is 0 Å². The molecular weight excluding hydrogens is 370 g/mol. The van der Waals surface area contributed by atoms with Crippen molar-refractivity contribution in [1.29, 1.82) is 0 Å². The Kier molecular flexibility index (Phi) is 5.21. The van der Waals surface area contributed by atoms with Crippen LogP contribution in [0.15, 0.2) is 33.8 Å². The van der Waals surface area contributed by atoms with Gasteiger partial charge in [0.2, 0.25) is 16.6 Å². The van der Waals surface area contributed by atoms with Gasteiger partial charge in [0.1, 0.15) is 0 Å². The van der Waals surface area contributed by atoms with E-state index < -0.39 is 22.6 Å². The molecule has 0 atom stereocenters. The number of aryl methyl sites for hydroxylation is 3. The summed E-state index contributed by atoms with van der Waals surface area (Å²) in [4.78, 5) is 24.4. The number of hydrogen-bond donors (Lipinski definition) is 1. The first kappa shape index (κ1) is 19.3. The zero-order valence-corrected chi connectivity index (χ0v) is 16.2. The van der Waals surface area contributed by atoms with Crippen molar-refractivity contribution in [3.05, 3.63) is 52.3 Å². The molecule has 0 radical (unpaired) electrons. The number of carbonyl (C=O) groups is 2. The van der Waals surface area contributed by atoms with Gasteiger partial charge in [0.15, 0.2) is 6.61 Å². The first-order valence-electron chi connectivity index (χ1n) is 8.57. The van der Waals surface area contributed by atoms with Gasteiger partial charge in [0, 0.05) is 11.6 Å². The molecule has 0 amide bonds. The number of benzene rings is 1. The SMILES string of the molecule is Cc1cc(C)c(C(=O)COC(=O)c2ccc(S(=O)(=O)NC3CC3)o2)cc1C. The first-order valence-corrected chi connectivity index (χ1v) is 10.1. The van der Waals surface area contributed by atoms with E-state index in [2.05, 4.69) is 4.72 Å². The molecule has 0 unspecified atom stereocenters. The van der Waals surface area contributed by atoms with Crippen LogP contribution >= 0.6 is 0 Å². The molecule has 0 aliphatic heterocycles. The van der Waals surface area contributed by atoms with Gasteiger partial charge in [-0.15, -0.1) is 0 Å². The second-order valence-corrected chi connectivity index (χ2v) is 8.41. The second-order valence-electron chi connectivity index (χ2n) is 6.76. The number of rotatable bonds is 7. The van der Waals surface area contributed by atoms with Gasteiger partial charge in [0.25, 0.3) is 10.0 Å². The predicted molar refractivity (Wildman–Crippen MR) is 97.3 cm³/mol. The maximum absolute atomic E-state index is 12.3. The van der Waals surface area contributed by atoms with Crippen molar-refractivity contribution in [2.75, 3.05) is 6.61 Å². The molecule has 1 aliphatic rings. The quantitative estimate of drug-likeness (QED) is 0.575. The molecule has 27 heavy (non-hydrogen) atoms. The molecule has 7 nitrogen and oxygen atoms in total. The molecule has 1 heterocycles. The summed E-state index contributed by atoms with van der Waals surface area (Å²) in [5, 5.41) is -0.349. The van der Waals surface area contributed by atoms with Crippen molar-refractivity contribution in [2.24, 2.45) is 0 Å². The fraction of sp³-hybridized carbons (Fsp3) is 0.368. The lowest BCUT2D eigenvalue weighted by Gasteiger charge is -2.09. The van der Waals surface area contributed by atoms with Gasteiger partial charge in [-0.25, -0.2) is 17.9 Å². The van der Waals surface area contributed by atoms with E-state index in [0.717, 1.165) is 29.5 Å². The average Bonchev–Trinajstić information content (AvgIpc) is 3.24. The lowest BCUT2D eigenvalue weighted by Crippen LogP contribution is -2.25. The van der Waals surface area contributed by atoms with Crippen molar-refractivity contribution in [1.82, 2.24) is 4.72 Å². The van der Waals surface area contributed by atoms with Gasteiger partial charge < -0.3 is 9.15 Å². The molecule has 0 saturated heterocycles. The molecule has 1 fully saturated rings. The molecule has 1 aliphatic carbocycles. The summed E-state index contributed by atoms with van der Waals surface area (Å²) in [5.41, 5.74) is 3.34. The number of nitrogens with one attached hydrogen (secondary N) is 1. The third-order valence-corrected chi connectivity index (χ3v) is 5.81. The highest BCUT2D eigenvalue weighted by molar-refractivity contribution is 7.89. The third-order valence-electron chi connectivity index (χ3n) is 4.42. The number of Topliss-reactive ketones (excluding diaryl/α,β-unsaturated/α-hetero) is 1. The maximum atomic E-state index is 12.3. The number of ketones is 1. The van der Waals surface area contributed by atoms with E-state index in [9.17, 15) is 18.0 Å². The Morgan fingerprint density at radius 1 is 1.11 bits per heavy atom. The summed E-state index contributed by atoms with van der Waals surface area (Å²) in [7, 11) is -3.79. The molecule has 144 valence electrons. The monoisotopic (exact) mass is 391 g/mol. The average molecular weight is 391 g/mol. The number of ether oxygens (including phenoxy) is 1. The first-order chi connectivity index (χ1) is 12.7. The van der Waals surface area contributed by atoms with Crippen molar-refractivity contribution in [3.8, 4) is 0 Å². The van der Waals surface area contributed by atoms with Crippen molar-refractivity contribution in [3.63, 3.8) is 0 Å². The van der Waals surface area contributed by atoms with Crippen molar-refractivity contribution >= 4 is 21.8 Å². The summed E-state index contributed by atoms with van der Waals surface area (Å²) in [6.45, 7) is 5.22. The van der Waals surface area contributed by atoms with Crippen LogP contribution in [0, 0.1) is 20.8 Å². The van der Waals surface area contributed by atoms with E-state index in [1.165, 1.54) is 12.1 Å². The number of hydrogen-bond acceptors (Lipinski definition) is 6. The molecule has 1 aromatic heterocycles. The van der Waals surface area contributed by atoms with Crippen LogP contribution in [0.2, 0.25) is 0 Å². The van der Waals surface area contributed by atoms with Gasteiger partial charge in [0.05, 0.1) is 0 Å². The second kappa shape index (κ2) is 7.28. The normalized spacial score (nSPS) is 14.2. The van der Waals surface area contributed by atoms with Gasteiger partial charge in [-0.2, -0.15) is 0 Å². The highest BCUT2D eigenvalue weighted by Gasteiger charge is 2.30. The maximum Gasteiger partial charge on any atom is 0.374 e. The molecule has 0 spiro atoms. The number of furan rings is 1. The number of sulfonamides is 1. The van der Waals surface area contributed by atoms with E-state index in [0.29, 0.717) is 5.56 Å². The molecule has 0 bridgehead atoms. The van der Waals surface area contributed by atoms with Gasteiger partial charge >= 0.3 is 5.97 Å². The van der Waals surface area contributed by atoms with Crippen LogP contribution in [0.1, 0.15) is 50.4 Å². The van der Waals surface area contributed by atoms with Crippen molar-refractivity contribution in [2.45, 2.75) is 44.7 Å². The summed E-state index contributed by atoms with van der Waals surface area (Å²) < 4.78 is 36.7. The zero-order valence-electron chi connectivity index (χ0n) is 15.4. The fourth-order valence-corrected chi connectivity index (χ4v) is 3.83. The molecular formula is C19H21NO6S. The summed E-state index contributed by atoms with van der Waals surface area (Å²) in [6, 6.07) is 6.00. The molecule has 1 saturated carbocycles. The minimum atomic E-state index is -3.79. The van der Waals surface area contributed by atoms with E-state index in [-0.39, 0.29) is 22.7 Å². The minimum Gasteiger partial charge on any atom is -0.451 e. The van der Waals surface area contributed by atoms with Crippen LogP contribution in [-0.4, -0.2) is 32.8 Å². The van der Waals surface area contributed by atoms with E-state index >= 15 is 0 Å². The highest BCUT2D eigenvalue weighted by Crippen LogP contribution is 2.23. The summed E-state index contributed by atoms with van der Waals surface area (Å²) >= 11 is 0. The highest BCUT2D eigenvalue weighted by atomic mass is 32.2. The Morgan fingerprint density at radius 2 is 1.78 bits per heavy atom. The summed E-state index contributed by atoms with van der Waals surface area (Å²) in [5.74, 6) is -1.49. The van der Waals surface area contributed by atoms with E-state index in [4.69, 9.17) is 9.15 Å². The smallest absolute Gasteiger partial charge is 0.374 e. The standard InChI is InChI=1S/C19H21NO6S/c1-11-8-13(3)15(9-12(11)2)16(21)10-25-19(22)17-6-7-18(26-17)27(23,24)20-14-4-5-14/h6-9,14,20H,4-5,10H2,1-3H3. The van der Waals surface area contributed by atoms with Crippen LogP contribution in [-0.2, 0) is 14.8 Å². The number of carbonyl (C=O) groups excluding carboxylic acids is 2. The van der Waals surface area contributed by atoms with E-state index in [1.807, 2.05) is 26.8 Å². The zero-order chi connectivity index (χ0) is 19.8.